The predicted molar refractivity (Wildman–Crippen MR) is 231 cm³/mol. The van der Waals surface area contributed by atoms with E-state index in [0.29, 0.717) is 0 Å². The monoisotopic (exact) mass is 820 g/mol. The van der Waals surface area contributed by atoms with Crippen molar-refractivity contribution in [2.45, 2.75) is 13.1 Å². The van der Waals surface area contributed by atoms with E-state index >= 15 is 0 Å². The Morgan fingerprint density at radius 3 is 0.778 bits per heavy atom. The molecule has 268 valence electrons. The maximum absolute atomic E-state index is 2.31. The molecular formula is C50H44BrClP2. The normalized spacial score (nSPS) is 10.8. The van der Waals surface area contributed by atoms with Crippen LogP contribution in [0.2, 0.25) is 0 Å². The lowest BCUT2D eigenvalue weighted by molar-refractivity contribution is -0.001000. The molecule has 0 aliphatic carbocycles. The third-order valence-corrected chi connectivity index (χ3v) is 18.5. The summed E-state index contributed by atoms with van der Waals surface area (Å²) in [5.74, 6) is 0. The molecule has 0 N–H and O–H groups in total. The minimum atomic E-state index is -1.91. The number of halogens is 2. The summed E-state index contributed by atoms with van der Waals surface area (Å²) in [6.45, 7) is 2.23. The lowest BCUT2D eigenvalue weighted by Crippen LogP contribution is -3.00. The Balaban J connectivity index is 0.000000201. The second kappa shape index (κ2) is 19.6. The molecule has 0 unspecified atom stereocenters. The number of benzene rings is 8. The van der Waals surface area contributed by atoms with Crippen LogP contribution in [0.15, 0.2) is 237 Å². The van der Waals surface area contributed by atoms with Gasteiger partial charge in [0.25, 0.3) is 0 Å². The molecule has 0 saturated carbocycles. The van der Waals surface area contributed by atoms with Gasteiger partial charge < -0.3 is 29.4 Å². The van der Waals surface area contributed by atoms with E-state index in [1.807, 2.05) is 0 Å². The summed E-state index contributed by atoms with van der Waals surface area (Å²) >= 11 is 0. The van der Waals surface area contributed by atoms with E-state index in [0.717, 1.165) is 6.16 Å². The van der Waals surface area contributed by atoms with Gasteiger partial charge in [-0.2, -0.15) is 0 Å². The van der Waals surface area contributed by atoms with Gasteiger partial charge in [0.05, 0.1) is 6.16 Å². The van der Waals surface area contributed by atoms with Crippen LogP contribution in [0.1, 0.15) is 11.1 Å². The van der Waals surface area contributed by atoms with E-state index in [1.54, 1.807) is 0 Å². The fraction of sp³-hybridized carbons (Fsp3) is 0.0400. The Morgan fingerprint density at radius 1 is 0.296 bits per heavy atom. The zero-order valence-electron chi connectivity index (χ0n) is 30.4. The van der Waals surface area contributed by atoms with Gasteiger partial charge in [-0.25, -0.2) is 0 Å². The van der Waals surface area contributed by atoms with Crippen LogP contribution in [0.3, 0.4) is 0 Å². The van der Waals surface area contributed by atoms with E-state index in [-0.39, 0.29) is 29.4 Å². The molecule has 0 nitrogen and oxygen atoms in total. The van der Waals surface area contributed by atoms with Gasteiger partial charge in [0.2, 0.25) is 0 Å². The van der Waals surface area contributed by atoms with Crippen LogP contribution in [0.25, 0.3) is 0 Å². The molecule has 0 amide bonds. The predicted octanol–water partition coefficient (Wildman–Crippen LogP) is 3.80. The van der Waals surface area contributed by atoms with Crippen molar-refractivity contribution in [1.82, 2.24) is 0 Å². The first kappa shape index (κ1) is 40.6. The smallest absolute Gasteiger partial charge is 0.144 e. The summed E-state index contributed by atoms with van der Waals surface area (Å²) in [6, 6.07) is 85.9. The topological polar surface area (TPSA) is 0 Å². The molecule has 0 heterocycles. The highest BCUT2D eigenvalue weighted by Crippen LogP contribution is 2.58. The largest absolute Gasteiger partial charge is 1.00 e. The molecule has 4 heteroatoms. The zero-order valence-corrected chi connectivity index (χ0v) is 34.5. The molecule has 0 aliphatic heterocycles. The number of hydrogen-bond acceptors (Lipinski definition) is 0. The van der Waals surface area contributed by atoms with Crippen molar-refractivity contribution in [2.75, 3.05) is 0 Å². The van der Waals surface area contributed by atoms with Gasteiger partial charge in [0.15, 0.2) is 0 Å². The van der Waals surface area contributed by atoms with Gasteiger partial charge in [-0.15, -0.1) is 0 Å². The average molecular weight is 822 g/mol. The summed E-state index contributed by atoms with van der Waals surface area (Å²) in [4.78, 5) is 0. The Kier molecular flexibility index (Phi) is 14.8. The third kappa shape index (κ3) is 8.52. The number of hydrogen-bond donors (Lipinski definition) is 0. The van der Waals surface area contributed by atoms with Gasteiger partial charge >= 0.3 is 0 Å². The van der Waals surface area contributed by atoms with Crippen LogP contribution in [-0.2, 0) is 6.16 Å². The minimum Gasteiger partial charge on any atom is -1.00 e. The molecule has 8 rings (SSSR count). The zero-order chi connectivity index (χ0) is 35.5. The molecule has 0 bridgehead atoms. The lowest BCUT2D eigenvalue weighted by Gasteiger charge is -2.28. The Bertz CT molecular complexity index is 1990. The molecule has 0 spiro atoms. The maximum Gasteiger partial charge on any atom is 0.144 e. The summed E-state index contributed by atoms with van der Waals surface area (Å²) in [5, 5.41) is 9.86. The summed E-state index contributed by atoms with van der Waals surface area (Å²) in [6.07, 6.45) is 1.04. The molecule has 0 saturated heterocycles. The highest BCUT2D eigenvalue weighted by Gasteiger charge is 2.48. The highest BCUT2D eigenvalue weighted by molar-refractivity contribution is 8.01. The van der Waals surface area contributed by atoms with E-state index in [4.69, 9.17) is 0 Å². The Hall–Kier alpha value is -4.61. The molecule has 0 aliphatic rings. The molecule has 8 aromatic rings. The number of aryl methyl sites for hydroxylation is 1. The van der Waals surface area contributed by atoms with Gasteiger partial charge in [-0.05, 0) is 103 Å². The van der Waals surface area contributed by atoms with Gasteiger partial charge in [0, 0.05) is 0 Å². The van der Waals surface area contributed by atoms with Crippen LogP contribution in [0, 0.1) is 6.92 Å². The summed E-state index contributed by atoms with van der Waals surface area (Å²) in [7, 11) is -3.71. The van der Waals surface area contributed by atoms with Crippen molar-refractivity contribution in [2.24, 2.45) is 0 Å². The van der Waals surface area contributed by atoms with Crippen LogP contribution in [0.5, 0.6) is 0 Å². The molecule has 54 heavy (non-hydrogen) atoms. The SMILES string of the molecule is Cc1ccccc1C[P+](c1ccccc1)(c1ccccc1)c1ccccc1.[Br-].[Cl-].c1ccc([P+](c2ccccc2)(c2ccccc2)c2ccccc2)cc1. The Morgan fingerprint density at radius 2 is 0.519 bits per heavy atom. The fourth-order valence-corrected chi connectivity index (χ4v) is 15.9. The molecule has 0 atom stereocenters. The third-order valence-electron chi connectivity index (χ3n) is 9.83. The standard InChI is InChI=1S/C26H24P.C24H20P.BrH.ClH/c1-22-13-11-12-14-23(22)21-27(24-15-5-2-6-16-24,25-17-7-3-8-18-25)26-19-9-4-10-20-26;1-5-13-21(14-6-1)25(22-15-7-2-8-16-22,23-17-9-3-10-18-23)24-19-11-4-12-20-24;;/h2-20H,21H2,1H3;1-20H;2*1H/q2*+1;;/p-2. The maximum atomic E-state index is 2.31. The first-order valence-electron chi connectivity index (χ1n) is 17.9. The van der Waals surface area contributed by atoms with Crippen molar-refractivity contribution in [3.63, 3.8) is 0 Å². The average Bonchev–Trinajstić information content (AvgIpc) is 3.24. The van der Waals surface area contributed by atoms with Gasteiger partial charge in [-0.1, -0.05) is 152 Å². The molecule has 0 aromatic heterocycles. The van der Waals surface area contributed by atoms with E-state index in [9.17, 15) is 0 Å². The van der Waals surface area contributed by atoms with Crippen LogP contribution < -0.4 is 66.5 Å². The summed E-state index contributed by atoms with van der Waals surface area (Å²) in [5.41, 5.74) is 2.80. The van der Waals surface area contributed by atoms with E-state index < -0.39 is 14.5 Å². The molecule has 0 fully saturated rings. The lowest BCUT2D eigenvalue weighted by atomic mass is 10.1. The highest BCUT2D eigenvalue weighted by atomic mass is 79.9. The Labute approximate surface area is 339 Å². The fourth-order valence-electron chi connectivity index (χ4n) is 7.31. The van der Waals surface area contributed by atoms with Crippen LogP contribution >= 0.6 is 14.5 Å². The molecule has 8 aromatic carbocycles. The van der Waals surface area contributed by atoms with Crippen molar-refractivity contribution < 1.29 is 29.4 Å². The van der Waals surface area contributed by atoms with Crippen molar-refractivity contribution in [3.8, 4) is 0 Å². The second-order valence-electron chi connectivity index (χ2n) is 12.9. The van der Waals surface area contributed by atoms with Crippen LogP contribution in [0.4, 0.5) is 0 Å². The van der Waals surface area contributed by atoms with E-state index in [2.05, 4.69) is 244 Å². The van der Waals surface area contributed by atoms with Gasteiger partial charge in [0.1, 0.15) is 51.7 Å². The van der Waals surface area contributed by atoms with Crippen LogP contribution in [-0.4, -0.2) is 0 Å². The quantitative estimate of drug-likeness (QED) is 0.195. The molecular weight excluding hydrogens is 778 g/mol. The first-order valence-corrected chi connectivity index (χ1v) is 21.7. The first-order chi connectivity index (χ1) is 25.7. The molecule has 0 radical (unpaired) electrons. The minimum absolute atomic E-state index is 0. The van der Waals surface area contributed by atoms with Crippen molar-refractivity contribution >= 4 is 51.7 Å². The van der Waals surface area contributed by atoms with Crippen molar-refractivity contribution in [3.05, 3.63) is 248 Å². The van der Waals surface area contributed by atoms with Gasteiger partial charge in [-0.3, -0.25) is 0 Å². The second-order valence-corrected chi connectivity index (χ2v) is 19.8. The number of rotatable bonds is 9. The van der Waals surface area contributed by atoms with E-state index in [1.165, 1.54) is 48.3 Å². The summed E-state index contributed by atoms with van der Waals surface area (Å²) < 4.78 is 0. The van der Waals surface area contributed by atoms with Crippen molar-refractivity contribution in [1.29, 1.82) is 0 Å².